The van der Waals surface area contributed by atoms with Crippen molar-refractivity contribution in [1.29, 1.82) is 0 Å². The fraction of sp³-hybridized carbons (Fsp3) is 0.444. The maximum absolute atomic E-state index is 11.7. The van der Waals surface area contributed by atoms with E-state index >= 15 is 0 Å². The van der Waals surface area contributed by atoms with Crippen LogP contribution in [-0.4, -0.2) is 22.6 Å². The Balaban J connectivity index is 2.06. The number of rotatable bonds is 3. The SMILES string of the molecule is NCC1(C(=O)Nc2ccc(=O)[nH]n2)CC1. The molecule has 1 aliphatic carbocycles. The molecule has 0 spiro atoms. The maximum Gasteiger partial charge on any atom is 0.264 e. The van der Waals surface area contributed by atoms with Crippen molar-refractivity contribution in [3.63, 3.8) is 0 Å². The maximum atomic E-state index is 11.7. The fourth-order valence-corrected chi connectivity index (χ4v) is 1.34. The highest BCUT2D eigenvalue weighted by molar-refractivity contribution is 5.96. The molecule has 1 aromatic rings. The Kier molecular flexibility index (Phi) is 2.28. The van der Waals surface area contributed by atoms with E-state index in [0.717, 1.165) is 12.8 Å². The van der Waals surface area contributed by atoms with Crippen LogP contribution in [0.5, 0.6) is 0 Å². The number of H-pyrrole nitrogens is 1. The van der Waals surface area contributed by atoms with Gasteiger partial charge in [0.15, 0.2) is 5.82 Å². The first-order valence-corrected chi connectivity index (χ1v) is 4.74. The van der Waals surface area contributed by atoms with Crippen molar-refractivity contribution in [2.24, 2.45) is 11.1 Å². The summed E-state index contributed by atoms with van der Waals surface area (Å²) in [5.41, 5.74) is 4.81. The van der Waals surface area contributed by atoms with Crippen molar-refractivity contribution in [2.75, 3.05) is 11.9 Å². The standard InChI is InChI=1S/C9H12N4O2/c10-5-9(3-4-9)8(15)11-6-1-2-7(14)13-12-6/h1-2H,3-5,10H2,(H,13,14)(H,11,12,15). The molecule has 0 radical (unpaired) electrons. The molecule has 6 nitrogen and oxygen atoms in total. The van der Waals surface area contributed by atoms with Gasteiger partial charge in [0.25, 0.3) is 5.56 Å². The monoisotopic (exact) mass is 208 g/mol. The number of hydrogen-bond donors (Lipinski definition) is 3. The van der Waals surface area contributed by atoms with E-state index in [2.05, 4.69) is 15.5 Å². The average Bonchev–Trinajstić information content (AvgIpc) is 3.02. The van der Waals surface area contributed by atoms with Crippen LogP contribution in [0.1, 0.15) is 12.8 Å². The zero-order valence-corrected chi connectivity index (χ0v) is 8.12. The van der Waals surface area contributed by atoms with Crippen molar-refractivity contribution in [1.82, 2.24) is 10.2 Å². The Hall–Kier alpha value is -1.69. The van der Waals surface area contributed by atoms with Gasteiger partial charge in [-0.3, -0.25) is 9.59 Å². The second-order valence-electron chi connectivity index (χ2n) is 3.75. The number of nitrogens with zero attached hydrogens (tertiary/aromatic N) is 1. The first-order chi connectivity index (χ1) is 7.16. The predicted molar refractivity (Wildman–Crippen MR) is 54.2 cm³/mol. The van der Waals surface area contributed by atoms with Crippen LogP contribution in [0.3, 0.4) is 0 Å². The lowest BCUT2D eigenvalue weighted by Crippen LogP contribution is -2.31. The van der Waals surface area contributed by atoms with Gasteiger partial charge >= 0.3 is 0 Å². The summed E-state index contributed by atoms with van der Waals surface area (Å²) in [7, 11) is 0. The molecule has 0 bridgehead atoms. The molecule has 0 saturated heterocycles. The average molecular weight is 208 g/mol. The third kappa shape index (κ3) is 1.89. The van der Waals surface area contributed by atoms with E-state index in [0.29, 0.717) is 12.4 Å². The number of nitrogens with two attached hydrogens (primary N) is 1. The first-order valence-electron chi connectivity index (χ1n) is 4.74. The van der Waals surface area contributed by atoms with Crippen molar-refractivity contribution < 1.29 is 4.79 Å². The van der Waals surface area contributed by atoms with Crippen LogP contribution in [0, 0.1) is 5.41 Å². The highest BCUT2D eigenvalue weighted by Gasteiger charge is 2.48. The molecule has 2 rings (SSSR count). The summed E-state index contributed by atoms with van der Waals surface area (Å²) >= 11 is 0. The summed E-state index contributed by atoms with van der Waals surface area (Å²) in [6.07, 6.45) is 1.64. The van der Waals surface area contributed by atoms with Crippen molar-refractivity contribution in [3.8, 4) is 0 Å². The van der Waals surface area contributed by atoms with Crippen molar-refractivity contribution in [3.05, 3.63) is 22.5 Å². The second kappa shape index (κ2) is 3.47. The zero-order valence-electron chi connectivity index (χ0n) is 8.12. The minimum atomic E-state index is -0.405. The van der Waals surface area contributed by atoms with Gasteiger partial charge in [0.2, 0.25) is 5.91 Å². The molecule has 15 heavy (non-hydrogen) atoms. The summed E-state index contributed by atoms with van der Waals surface area (Å²) in [5.74, 6) is 0.226. The molecule has 4 N–H and O–H groups in total. The van der Waals surface area contributed by atoms with Gasteiger partial charge in [-0.15, -0.1) is 0 Å². The summed E-state index contributed by atoms with van der Waals surface area (Å²) in [4.78, 5) is 22.4. The Bertz CT molecular complexity index is 415. The van der Waals surface area contributed by atoms with Crippen LogP contribution >= 0.6 is 0 Å². The van der Waals surface area contributed by atoms with Gasteiger partial charge in [-0.1, -0.05) is 0 Å². The van der Waals surface area contributed by atoms with Crippen LogP contribution in [0.2, 0.25) is 0 Å². The van der Waals surface area contributed by atoms with Gasteiger partial charge in [-0.2, -0.15) is 5.10 Å². The molecule has 6 heteroatoms. The number of hydrogen-bond acceptors (Lipinski definition) is 4. The molecule has 0 aromatic carbocycles. The van der Waals surface area contributed by atoms with Crippen LogP contribution in [-0.2, 0) is 4.79 Å². The van der Waals surface area contributed by atoms with Crippen LogP contribution in [0.25, 0.3) is 0 Å². The molecule has 0 unspecified atom stereocenters. The third-order valence-corrected chi connectivity index (χ3v) is 2.65. The smallest absolute Gasteiger partial charge is 0.264 e. The van der Waals surface area contributed by atoms with E-state index in [1.165, 1.54) is 12.1 Å². The summed E-state index contributed by atoms with van der Waals surface area (Å²) in [6.45, 7) is 0.349. The van der Waals surface area contributed by atoms with E-state index in [1.807, 2.05) is 0 Å². The number of carbonyl (C=O) groups is 1. The van der Waals surface area contributed by atoms with E-state index in [9.17, 15) is 9.59 Å². The molecule has 1 aliphatic rings. The summed E-state index contributed by atoms with van der Waals surface area (Å²) in [6, 6.07) is 2.77. The Morgan fingerprint density at radius 2 is 2.33 bits per heavy atom. The predicted octanol–water partition coefficient (Wildman–Crippen LogP) is -0.553. The molecule has 1 amide bonds. The molecular weight excluding hydrogens is 196 g/mol. The fourth-order valence-electron chi connectivity index (χ4n) is 1.34. The topological polar surface area (TPSA) is 101 Å². The second-order valence-corrected chi connectivity index (χ2v) is 3.75. The van der Waals surface area contributed by atoms with Crippen LogP contribution in [0.4, 0.5) is 5.82 Å². The highest BCUT2D eigenvalue weighted by atomic mass is 16.2. The van der Waals surface area contributed by atoms with Gasteiger partial charge in [-0.25, -0.2) is 5.10 Å². The van der Waals surface area contributed by atoms with E-state index in [1.54, 1.807) is 0 Å². The van der Waals surface area contributed by atoms with Gasteiger partial charge in [0.1, 0.15) is 0 Å². The largest absolute Gasteiger partial charge is 0.329 e. The Morgan fingerprint density at radius 1 is 1.60 bits per heavy atom. The molecule has 80 valence electrons. The molecule has 1 saturated carbocycles. The third-order valence-electron chi connectivity index (χ3n) is 2.65. The lowest BCUT2D eigenvalue weighted by molar-refractivity contribution is -0.120. The first kappa shape index (κ1) is 9.85. The van der Waals surface area contributed by atoms with E-state index in [4.69, 9.17) is 5.73 Å². The Morgan fingerprint density at radius 3 is 2.80 bits per heavy atom. The number of nitrogens with one attached hydrogen (secondary N) is 2. The lowest BCUT2D eigenvalue weighted by atomic mass is 10.1. The van der Waals surface area contributed by atoms with Gasteiger partial charge in [0, 0.05) is 12.6 Å². The van der Waals surface area contributed by atoms with Crippen molar-refractivity contribution >= 4 is 11.7 Å². The number of amides is 1. The molecule has 1 fully saturated rings. The molecule has 0 aliphatic heterocycles. The molecular formula is C9H12N4O2. The Labute approximate surface area is 85.9 Å². The quantitative estimate of drug-likeness (QED) is 0.620. The molecule has 1 aromatic heterocycles. The number of carbonyl (C=O) groups excluding carboxylic acids is 1. The van der Waals surface area contributed by atoms with Gasteiger partial charge < -0.3 is 11.1 Å². The molecule has 0 atom stereocenters. The summed E-state index contributed by atoms with van der Waals surface area (Å²) < 4.78 is 0. The summed E-state index contributed by atoms with van der Waals surface area (Å²) in [5, 5.41) is 8.55. The zero-order chi connectivity index (χ0) is 10.9. The van der Waals surface area contributed by atoms with Crippen LogP contribution < -0.4 is 16.6 Å². The minimum absolute atomic E-state index is 0.121. The minimum Gasteiger partial charge on any atom is -0.329 e. The van der Waals surface area contributed by atoms with E-state index < -0.39 is 5.41 Å². The molecule has 1 heterocycles. The van der Waals surface area contributed by atoms with Gasteiger partial charge in [0.05, 0.1) is 5.41 Å². The number of anilines is 1. The normalized spacial score (nSPS) is 17.1. The van der Waals surface area contributed by atoms with Gasteiger partial charge in [-0.05, 0) is 18.9 Å². The van der Waals surface area contributed by atoms with E-state index in [-0.39, 0.29) is 11.5 Å². The van der Waals surface area contributed by atoms with Crippen molar-refractivity contribution in [2.45, 2.75) is 12.8 Å². The lowest BCUT2D eigenvalue weighted by Gasteiger charge is -2.11. The highest BCUT2D eigenvalue weighted by Crippen LogP contribution is 2.45. The van der Waals surface area contributed by atoms with Crippen LogP contribution in [0.15, 0.2) is 16.9 Å². The number of aromatic amines is 1. The number of aromatic nitrogens is 2.